The van der Waals surface area contributed by atoms with E-state index in [1.807, 2.05) is 44.2 Å². The van der Waals surface area contributed by atoms with Crippen molar-refractivity contribution in [1.82, 2.24) is 14.5 Å². The lowest BCUT2D eigenvalue weighted by molar-refractivity contribution is 0.0701. The van der Waals surface area contributed by atoms with Crippen LogP contribution in [-0.2, 0) is 14.8 Å². The summed E-state index contributed by atoms with van der Waals surface area (Å²) in [4.78, 5) is 27.4. The number of rotatable bonds is 9. The van der Waals surface area contributed by atoms with Crippen molar-refractivity contribution < 1.29 is 22.7 Å². The highest BCUT2D eigenvalue weighted by Crippen LogP contribution is 2.36. The fourth-order valence-corrected chi connectivity index (χ4v) is 6.47. The Hall–Kier alpha value is -2.89. The van der Waals surface area contributed by atoms with E-state index in [0.717, 1.165) is 16.5 Å². The maximum absolute atomic E-state index is 13.6. The topological polar surface area (TPSA) is 108 Å². The number of fused-ring (bicyclic) bond motifs is 1. The zero-order valence-corrected chi connectivity index (χ0v) is 22.7. The molecule has 3 amide bonds. The number of urea groups is 1. The molecule has 2 heterocycles. The Bertz CT molecular complexity index is 1240. The van der Waals surface area contributed by atoms with E-state index >= 15 is 0 Å². The minimum atomic E-state index is -3.62. The van der Waals surface area contributed by atoms with Crippen LogP contribution in [0.15, 0.2) is 48.3 Å². The van der Waals surface area contributed by atoms with E-state index in [1.165, 1.54) is 22.8 Å². The first-order valence-electron chi connectivity index (χ1n) is 12.0. The van der Waals surface area contributed by atoms with Crippen LogP contribution in [0.5, 0.6) is 0 Å². The fraction of sp³-hybridized carbons (Fsp3) is 0.440. The number of amides is 3. The van der Waals surface area contributed by atoms with Gasteiger partial charge in [-0.1, -0.05) is 31.2 Å². The maximum atomic E-state index is 13.6. The van der Waals surface area contributed by atoms with Gasteiger partial charge in [0.1, 0.15) is 10.8 Å². The van der Waals surface area contributed by atoms with Crippen molar-refractivity contribution in [3.8, 4) is 0 Å². The first kappa shape index (κ1) is 27.7. The van der Waals surface area contributed by atoms with Gasteiger partial charge in [-0.05, 0) is 38.5 Å². The number of nitrogens with one attached hydrogen (secondary N) is 2. The Morgan fingerprint density at radius 1 is 1.17 bits per heavy atom. The summed E-state index contributed by atoms with van der Waals surface area (Å²) in [5.74, 6) is 0.272. The molecule has 2 aromatic rings. The third-order valence-electron chi connectivity index (χ3n) is 5.88. The quantitative estimate of drug-likeness (QED) is 0.373. The summed E-state index contributed by atoms with van der Waals surface area (Å²) in [6.45, 7) is 6.80. The van der Waals surface area contributed by atoms with Crippen molar-refractivity contribution in [3.05, 3.63) is 53.8 Å². The van der Waals surface area contributed by atoms with E-state index in [0.29, 0.717) is 22.9 Å². The van der Waals surface area contributed by atoms with Crippen molar-refractivity contribution >= 4 is 48.4 Å². The third kappa shape index (κ3) is 6.26. The number of thiophene rings is 1. The Morgan fingerprint density at radius 2 is 1.86 bits per heavy atom. The van der Waals surface area contributed by atoms with Gasteiger partial charge >= 0.3 is 6.03 Å². The van der Waals surface area contributed by atoms with Crippen molar-refractivity contribution in [1.29, 1.82) is 0 Å². The number of hydrogen-bond donors (Lipinski definition) is 2. The van der Waals surface area contributed by atoms with Crippen LogP contribution in [0.25, 0.3) is 10.1 Å². The largest absolute Gasteiger partial charge is 0.497 e. The van der Waals surface area contributed by atoms with Crippen molar-refractivity contribution in [2.75, 3.05) is 45.2 Å². The van der Waals surface area contributed by atoms with Crippen LogP contribution in [0.2, 0.25) is 0 Å². The van der Waals surface area contributed by atoms with Crippen LogP contribution in [0.4, 0.5) is 9.80 Å². The van der Waals surface area contributed by atoms with Crippen LogP contribution in [0.1, 0.15) is 37.6 Å². The minimum Gasteiger partial charge on any atom is -0.497 e. The molecule has 1 aromatic carbocycles. The molecule has 1 saturated heterocycles. The molecule has 0 aliphatic carbocycles. The van der Waals surface area contributed by atoms with Crippen LogP contribution < -0.4 is 10.6 Å². The summed E-state index contributed by atoms with van der Waals surface area (Å²) in [5.41, 5.74) is 0.432. The molecule has 1 atom stereocenters. The molecule has 1 aliphatic heterocycles. The van der Waals surface area contributed by atoms with E-state index in [-0.39, 0.29) is 38.1 Å². The summed E-state index contributed by atoms with van der Waals surface area (Å²) in [6, 6.07) is 7.13. The Morgan fingerprint density at radius 3 is 2.50 bits per heavy atom. The summed E-state index contributed by atoms with van der Waals surface area (Å²) in [5, 5.41) is 5.95. The predicted octanol–water partition coefficient (Wildman–Crippen LogP) is 4.02. The Kier molecular flexibility index (Phi) is 9.52. The van der Waals surface area contributed by atoms with Gasteiger partial charge in [-0.15, -0.1) is 11.3 Å². The van der Waals surface area contributed by atoms with Gasteiger partial charge in [-0.2, -0.15) is 4.31 Å². The zero-order chi connectivity index (χ0) is 26.3. The Labute approximate surface area is 216 Å². The number of carbonyl (C=O) groups is 2. The monoisotopic (exact) mass is 534 g/mol. The second-order valence-electron chi connectivity index (χ2n) is 8.31. The molecular weight excluding hydrogens is 500 g/mol. The van der Waals surface area contributed by atoms with Gasteiger partial charge in [0.15, 0.2) is 0 Å². The van der Waals surface area contributed by atoms with Crippen LogP contribution >= 0.6 is 11.3 Å². The molecule has 0 bridgehead atoms. The molecule has 1 aromatic heterocycles. The van der Waals surface area contributed by atoms with Crippen LogP contribution in [0.3, 0.4) is 0 Å². The molecule has 1 fully saturated rings. The summed E-state index contributed by atoms with van der Waals surface area (Å²) >= 11 is 1.34. The second-order valence-corrected chi connectivity index (χ2v) is 11.7. The van der Waals surface area contributed by atoms with E-state index in [9.17, 15) is 18.0 Å². The molecule has 0 saturated carbocycles. The van der Waals surface area contributed by atoms with E-state index in [1.54, 1.807) is 24.0 Å². The lowest BCUT2D eigenvalue weighted by Crippen LogP contribution is -2.52. The Balaban J connectivity index is 1.76. The number of benzene rings is 1. The molecule has 11 heteroatoms. The SMILES string of the molecule is CC/C=C\C(=C/C(C)S(=O)(=O)N1CCN(C(=O)c2c(NC(=O)NCC)sc3ccccc23)CC1)OC. The van der Waals surface area contributed by atoms with E-state index in [4.69, 9.17) is 4.74 Å². The van der Waals surface area contributed by atoms with E-state index < -0.39 is 15.3 Å². The van der Waals surface area contributed by atoms with Crippen molar-refractivity contribution in [2.24, 2.45) is 0 Å². The number of allylic oxidation sites excluding steroid dienone is 2. The number of piperazine rings is 1. The van der Waals surface area contributed by atoms with E-state index in [2.05, 4.69) is 10.6 Å². The lowest BCUT2D eigenvalue weighted by atomic mass is 10.1. The zero-order valence-electron chi connectivity index (χ0n) is 21.1. The average Bonchev–Trinajstić information content (AvgIpc) is 3.23. The van der Waals surface area contributed by atoms with Gasteiger partial charge in [0.25, 0.3) is 5.91 Å². The smallest absolute Gasteiger partial charge is 0.319 e. The van der Waals surface area contributed by atoms with Gasteiger partial charge in [-0.25, -0.2) is 13.2 Å². The van der Waals surface area contributed by atoms with Crippen LogP contribution in [0, 0.1) is 0 Å². The number of anilines is 1. The first-order chi connectivity index (χ1) is 17.2. The highest BCUT2D eigenvalue weighted by Gasteiger charge is 2.34. The van der Waals surface area contributed by atoms with Gasteiger partial charge in [0.05, 0.1) is 17.9 Å². The van der Waals surface area contributed by atoms with Crippen molar-refractivity contribution in [2.45, 2.75) is 32.4 Å². The fourth-order valence-electron chi connectivity index (χ4n) is 3.94. The molecule has 2 N–H and O–H groups in total. The molecular formula is C25H34N4O5S2. The lowest BCUT2D eigenvalue weighted by Gasteiger charge is -2.35. The summed E-state index contributed by atoms with van der Waals surface area (Å²) in [7, 11) is -2.11. The number of methoxy groups -OCH3 is 1. The number of hydrogen-bond acceptors (Lipinski definition) is 6. The normalized spacial score (nSPS) is 16.3. The second kappa shape index (κ2) is 12.4. The highest BCUT2D eigenvalue weighted by molar-refractivity contribution is 7.89. The molecule has 0 radical (unpaired) electrons. The number of sulfonamides is 1. The van der Waals surface area contributed by atoms with Crippen LogP contribution in [-0.4, -0.2) is 74.6 Å². The highest BCUT2D eigenvalue weighted by atomic mass is 32.2. The average molecular weight is 535 g/mol. The van der Waals surface area contributed by atoms with Crippen molar-refractivity contribution in [3.63, 3.8) is 0 Å². The van der Waals surface area contributed by atoms with Gasteiger partial charge < -0.3 is 15.0 Å². The maximum Gasteiger partial charge on any atom is 0.319 e. The molecule has 0 spiro atoms. The molecule has 36 heavy (non-hydrogen) atoms. The molecule has 1 unspecified atom stereocenters. The molecule has 3 rings (SSSR count). The predicted molar refractivity (Wildman–Crippen MR) is 145 cm³/mol. The minimum absolute atomic E-state index is 0.195. The first-order valence-corrected chi connectivity index (χ1v) is 14.3. The van der Waals surface area contributed by atoms with Gasteiger partial charge in [-0.3, -0.25) is 10.1 Å². The molecule has 1 aliphatic rings. The van der Waals surface area contributed by atoms with Gasteiger partial charge in [0.2, 0.25) is 10.0 Å². The van der Waals surface area contributed by atoms with Gasteiger partial charge in [0, 0.05) is 42.8 Å². The number of carbonyl (C=O) groups excluding carboxylic acids is 2. The summed E-state index contributed by atoms with van der Waals surface area (Å²) < 4.78 is 34.0. The summed E-state index contributed by atoms with van der Waals surface area (Å²) in [6.07, 6.45) is 6.08. The molecule has 9 nitrogen and oxygen atoms in total. The number of nitrogens with zero attached hydrogens (tertiary/aromatic N) is 2. The standard InChI is InChI=1S/C25H34N4O5S2/c1-5-7-10-19(34-4)17-18(3)36(32,33)29-15-13-28(14-16-29)24(30)22-20-11-8-9-12-21(20)35-23(22)27-25(31)26-6-2/h7-12,17-18H,5-6,13-16H2,1-4H3,(H2,26,27,31)/b10-7-,19-17+. The number of ether oxygens (including phenoxy) is 1. The third-order valence-corrected chi connectivity index (χ3v) is 9.13. The molecule has 196 valence electrons.